The average molecular weight is 414 g/mol. The molecule has 0 spiro atoms. The Labute approximate surface area is 176 Å². The van der Waals surface area contributed by atoms with E-state index in [1.54, 1.807) is 0 Å². The van der Waals surface area contributed by atoms with E-state index in [0.29, 0.717) is 11.5 Å². The lowest BCUT2D eigenvalue weighted by Crippen LogP contribution is -2.28. The highest BCUT2D eigenvalue weighted by atomic mass is 32.2. The number of para-hydroxylation sites is 1. The third-order valence-corrected chi connectivity index (χ3v) is 7.64. The van der Waals surface area contributed by atoms with Gasteiger partial charge in [-0.3, -0.25) is 4.79 Å². The second-order valence-corrected chi connectivity index (χ2v) is 10.0. The van der Waals surface area contributed by atoms with Gasteiger partial charge in [-0.25, -0.2) is 4.68 Å². The average Bonchev–Trinajstić information content (AvgIpc) is 3.24. The molecule has 156 valence electrons. The van der Waals surface area contributed by atoms with Crippen molar-refractivity contribution >= 4 is 22.9 Å². The predicted molar refractivity (Wildman–Crippen MR) is 117 cm³/mol. The normalized spacial score (nSPS) is 23.8. The Morgan fingerprint density at radius 1 is 1.24 bits per heavy atom. The lowest BCUT2D eigenvalue weighted by molar-refractivity contribution is -0.121. The number of carbonyl (C=O) groups excluding carboxylic acids is 1. The lowest BCUT2D eigenvalue weighted by Gasteiger charge is -2.28. The van der Waals surface area contributed by atoms with Crippen molar-refractivity contribution in [3.05, 3.63) is 41.1 Å². The Morgan fingerprint density at radius 2 is 2.00 bits per heavy atom. The third kappa shape index (κ3) is 4.38. The zero-order valence-electron chi connectivity index (χ0n) is 17.4. The molecule has 1 unspecified atom stereocenters. The molecule has 1 N–H and O–H groups in total. The molecule has 1 fully saturated rings. The van der Waals surface area contributed by atoms with Crippen LogP contribution in [0.4, 0.5) is 5.82 Å². The molecule has 2 aromatic rings. The zero-order chi connectivity index (χ0) is 20.4. The molecule has 2 aliphatic rings. The molecule has 1 atom stereocenters. The van der Waals surface area contributed by atoms with E-state index in [2.05, 4.69) is 12.2 Å². The maximum absolute atomic E-state index is 13.1. The summed E-state index contributed by atoms with van der Waals surface area (Å²) < 4.78 is 13.9. The second kappa shape index (κ2) is 8.92. The topological polar surface area (TPSA) is 70.0 Å². The van der Waals surface area contributed by atoms with Crippen molar-refractivity contribution in [3.8, 4) is 5.69 Å². The highest BCUT2D eigenvalue weighted by molar-refractivity contribution is 7.90. The maximum Gasteiger partial charge on any atom is 0.228 e. The van der Waals surface area contributed by atoms with E-state index in [0.717, 1.165) is 59.9 Å². The maximum atomic E-state index is 13.1. The highest BCUT2D eigenvalue weighted by Gasteiger charge is 2.34. The fraction of sp³-hybridized carbons (Fsp3) is 0.565. The van der Waals surface area contributed by atoms with E-state index in [-0.39, 0.29) is 11.8 Å². The summed E-state index contributed by atoms with van der Waals surface area (Å²) in [5.74, 6) is 2.60. The highest BCUT2D eigenvalue weighted by Crippen LogP contribution is 2.36. The molecule has 1 aromatic carbocycles. The number of rotatable bonds is 6. The van der Waals surface area contributed by atoms with E-state index in [1.165, 1.54) is 19.3 Å². The number of aromatic nitrogens is 2. The zero-order valence-corrected chi connectivity index (χ0v) is 18.3. The minimum absolute atomic E-state index is 0.0654. The molecule has 2 heterocycles. The van der Waals surface area contributed by atoms with Crippen LogP contribution in [0.25, 0.3) is 5.69 Å². The van der Waals surface area contributed by atoms with E-state index in [1.807, 2.05) is 35.9 Å². The molecule has 4 rings (SSSR count). The summed E-state index contributed by atoms with van der Waals surface area (Å²) in [6, 6.07) is 8.04. The number of nitrogens with zero attached hydrogens (tertiary/aromatic N) is 2. The molecule has 0 saturated heterocycles. The third-order valence-electron chi connectivity index (χ3n) is 6.44. The van der Waals surface area contributed by atoms with Gasteiger partial charge in [-0.1, -0.05) is 44.4 Å². The van der Waals surface area contributed by atoms with Gasteiger partial charge in [-0.15, -0.1) is 0 Å². The largest absolute Gasteiger partial charge is 0.616 e. The van der Waals surface area contributed by atoms with Crippen LogP contribution in [-0.4, -0.2) is 20.2 Å². The van der Waals surface area contributed by atoms with Gasteiger partial charge in [-0.05, 0) is 61.3 Å². The van der Waals surface area contributed by atoms with Gasteiger partial charge in [-0.2, -0.15) is 5.10 Å². The summed E-state index contributed by atoms with van der Waals surface area (Å²) in [4.78, 5) is 13.1. The molecule has 1 amide bonds. The molecule has 5 nitrogen and oxygen atoms in total. The van der Waals surface area contributed by atoms with Gasteiger partial charge in [0.05, 0.1) is 11.3 Å². The Bertz CT molecular complexity index is 871. The van der Waals surface area contributed by atoms with E-state index in [4.69, 9.17) is 5.10 Å². The first-order valence-electron chi connectivity index (χ1n) is 10.9. The Kier molecular flexibility index (Phi) is 6.30. The molecule has 29 heavy (non-hydrogen) atoms. The number of hydrogen-bond acceptors (Lipinski definition) is 3. The van der Waals surface area contributed by atoms with Crippen LogP contribution in [-0.2, 0) is 27.5 Å². The summed E-state index contributed by atoms with van der Waals surface area (Å²) >= 11 is -0.923. The number of hydrogen-bond donors (Lipinski definition) is 1. The quantitative estimate of drug-likeness (QED) is 0.686. The molecule has 6 heteroatoms. The summed E-state index contributed by atoms with van der Waals surface area (Å²) in [5.41, 5.74) is 3.86. The molecule has 1 aliphatic carbocycles. The number of fused-ring (bicyclic) bond motifs is 1. The fourth-order valence-corrected chi connectivity index (χ4v) is 5.92. The number of amides is 1. The minimum atomic E-state index is -0.923. The van der Waals surface area contributed by atoms with Crippen LogP contribution in [0.5, 0.6) is 0 Å². The summed E-state index contributed by atoms with van der Waals surface area (Å²) in [6.07, 6.45) is 8.06. The standard InChI is InChI=1S/C23H31N3O2S/c1-3-4-8-17-10-12-18(13-11-17)23(27)24-22-19-14-29(28)15-20(19)25-26(22)21-9-6-5-7-16(21)2/h5-7,9,17-18H,3-4,8,10-15H2,1-2H3,(H,24,27). The smallest absolute Gasteiger partial charge is 0.228 e. The van der Waals surface area contributed by atoms with E-state index in [9.17, 15) is 9.35 Å². The lowest BCUT2D eigenvalue weighted by atomic mass is 9.79. The number of unbranched alkanes of at least 4 members (excludes halogenated alkanes) is 1. The van der Waals surface area contributed by atoms with Crippen LogP contribution in [0.15, 0.2) is 24.3 Å². The van der Waals surface area contributed by atoms with Crippen LogP contribution in [0.2, 0.25) is 0 Å². The molecule has 0 radical (unpaired) electrons. The summed E-state index contributed by atoms with van der Waals surface area (Å²) in [6.45, 7) is 4.28. The summed E-state index contributed by atoms with van der Waals surface area (Å²) in [7, 11) is 0. The van der Waals surface area contributed by atoms with Crippen molar-refractivity contribution in [1.29, 1.82) is 0 Å². The molecule has 0 bridgehead atoms. The van der Waals surface area contributed by atoms with Gasteiger partial charge in [0.1, 0.15) is 23.0 Å². The van der Waals surface area contributed by atoms with Gasteiger partial charge < -0.3 is 9.87 Å². The molecule has 1 aromatic heterocycles. The van der Waals surface area contributed by atoms with Crippen LogP contribution >= 0.6 is 0 Å². The van der Waals surface area contributed by atoms with Crippen molar-refractivity contribution in [1.82, 2.24) is 9.78 Å². The summed E-state index contributed by atoms with van der Waals surface area (Å²) in [5, 5.41) is 7.92. The van der Waals surface area contributed by atoms with Crippen LogP contribution < -0.4 is 5.32 Å². The molecular formula is C23H31N3O2S. The number of anilines is 1. The Morgan fingerprint density at radius 3 is 2.72 bits per heavy atom. The second-order valence-electron chi connectivity index (χ2n) is 8.55. The SMILES string of the molecule is CCCCC1CCC(C(=O)Nc2c3c(nn2-c2ccccc2C)C[S+]([O-])C3)CC1. The molecule has 1 saturated carbocycles. The number of benzene rings is 1. The number of nitrogens with one attached hydrogen (secondary N) is 1. The van der Waals surface area contributed by atoms with Crippen LogP contribution in [0.3, 0.4) is 0 Å². The number of aryl methyl sites for hydroxylation is 1. The first-order chi connectivity index (χ1) is 14.1. The van der Waals surface area contributed by atoms with Crippen LogP contribution in [0, 0.1) is 18.8 Å². The van der Waals surface area contributed by atoms with Gasteiger partial charge in [0, 0.05) is 5.92 Å². The monoisotopic (exact) mass is 413 g/mol. The first kappa shape index (κ1) is 20.5. The number of carbonyl (C=O) groups is 1. The van der Waals surface area contributed by atoms with Gasteiger partial charge >= 0.3 is 0 Å². The fourth-order valence-electron chi connectivity index (χ4n) is 4.66. The molecular weight excluding hydrogens is 382 g/mol. The van der Waals surface area contributed by atoms with Gasteiger partial charge in [0.25, 0.3) is 0 Å². The Hall–Kier alpha value is -1.79. The van der Waals surface area contributed by atoms with Crippen molar-refractivity contribution in [2.24, 2.45) is 11.8 Å². The van der Waals surface area contributed by atoms with Crippen molar-refractivity contribution in [2.75, 3.05) is 5.32 Å². The van der Waals surface area contributed by atoms with E-state index >= 15 is 0 Å². The van der Waals surface area contributed by atoms with Crippen LogP contribution in [0.1, 0.15) is 68.7 Å². The van der Waals surface area contributed by atoms with Gasteiger partial charge in [0.15, 0.2) is 0 Å². The first-order valence-corrected chi connectivity index (χ1v) is 12.4. The van der Waals surface area contributed by atoms with Crippen molar-refractivity contribution in [3.63, 3.8) is 0 Å². The van der Waals surface area contributed by atoms with Crippen molar-refractivity contribution in [2.45, 2.75) is 70.3 Å². The van der Waals surface area contributed by atoms with Crippen molar-refractivity contribution < 1.29 is 9.35 Å². The van der Waals surface area contributed by atoms with Gasteiger partial charge in [0.2, 0.25) is 5.91 Å². The Balaban J connectivity index is 1.53. The van der Waals surface area contributed by atoms with E-state index < -0.39 is 11.2 Å². The predicted octanol–water partition coefficient (Wildman–Crippen LogP) is 4.88. The minimum Gasteiger partial charge on any atom is -0.616 e. The molecule has 1 aliphatic heterocycles.